The van der Waals surface area contributed by atoms with Crippen molar-refractivity contribution in [3.8, 4) is 0 Å². The second-order valence-corrected chi connectivity index (χ2v) is 8.42. The van der Waals surface area contributed by atoms with E-state index in [2.05, 4.69) is 5.32 Å². The van der Waals surface area contributed by atoms with Crippen molar-refractivity contribution in [2.75, 3.05) is 23.7 Å². The molecule has 2 rings (SSSR count). The molecule has 1 amide bonds. The normalized spacial score (nSPS) is 16.3. The highest BCUT2D eigenvalue weighted by atomic mass is 32.2. The molecule has 9 heteroatoms. The van der Waals surface area contributed by atoms with Crippen molar-refractivity contribution in [1.29, 1.82) is 0 Å². The summed E-state index contributed by atoms with van der Waals surface area (Å²) in [5.74, 6) is -0.189. The Morgan fingerprint density at radius 3 is 2.46 bits per heavy atom. The summed E-state index contributed by atoms with van der Waals surface area (Å²) >= 11 is 0. The fourth-order valence-electron chi connectivity index (χ4n) is 3.11. The first kappa shape index (κ1) is 20.5. The number of anilines is 1. The summed E-state index contributed by atoms with van der Waals surface area (Å²) in [7, 11) is -3.79. The maximum Gasteiger partial charge on any atom is 0.416 e. The van der Waals surface area contributed by atoms with Crippen LogP contribution in [0.1, 0.15) is 37.7 Å². The van der Waals surface area contributed by atoms with Gasteiger partial charge < -0.3 is 5.32 Å². The van der Waals surface area contributed by atoms with Gasteiger partial charge in [-0.15, -0.1) is 0 Å². The monoisotopic (exact) mass is 392 g/mol. The van der Waals surface area contributed by atoms with Crippen molar-refractivity contribution in [2.45, 2.75) is 38.3 Å². The first-order valence-electron chi connectivity index (χ1n) is 8.52. The van der Waals surface area contributed by atoms with Crippen LogP contribution in [0.4, 0.5) is 18.9 Å². The van der Waals surface area contributed by atoms with Crippen LogP contribution in [0.2, 0.25) is 0 Å². The number of nitrogens with zero attached hydrogens (tertiary/aromatic N) is 1. The van der Waals surface area contributed by atoms with Crippen LogP contribution in [-0.4, -0.2) is 33.7 Å². The van der Waals surface area contributed by atoms with Crippen molar-refractivity contribution < 1.29 is 26.4 Å². The SMILES string of the molecule is CS(=O)(=O)N(CCNC(=O)C1CCCCC1)c1cccc(C(F)(F)F)c1. The number of sulfonamides is 1. The quantitative estimate of drug-likeness (QED) is 0.809. The van der Waals surface area contributed by atoms with Crippen LogP contribution >= 0.6 is 0 Å². The molecule has 0 bridgehead atoms. The molecule has 1 aromatic rings. The Balaban J connectivity index is 2.06. The Kier molecular flexibility index (Phi) is 6.54. The minimum atomic E-state index is -4.56. The summed E-state index contributed by atoms with van der Waals surface area (Å²) in [5, 5.41) is 2.70. The van der Waals surface area contributed by atoms with E-state index in [4.69, 9.17) is 0 Å². The molecule has 0 saturated heterocycles. The van der Waals surface area contributed by atoms with E-state index in [1.165, 1.54) is 6.07 Å². The van der Waals surface area contributed by atoms with Gasteiger partial charge in [0.2, 0.25) is 15.9 Å². The number of alkyl halides is 3. The molecule has 0 radical (unpaired) electrons. The number of rotatable bonds is 6. The van der Waals surface area contributed by atoms with Gasteiger partial charge in [-0.3, -0.25) is 9.10 Å². The Morgan fingerprint density at radius 1 is 1.23 bits per heavy atom. The topological polar surface area (TPSA) is 66.5 Å². The zero-order chi connectivity index (χ0) is 19.4. The van der Waals surface area contributed by atoms with Gasteiger partial charge in [-0.1, -0.05) is 25.3 Å². The molecular formula is C17H23F3N2O3S. The lowest BCUT2D eigenvalue weighted by atomic mass is 9.89. The highest BCUT2D eigenvalue weighted by Crippen LogP contribution is 2.32. The molecule has 0 spiro atoms. The number of amides is 1. The van der Waals surface area contributed by atoms with Crippen LogP contribution < -0.4 is 9.62 Å². The molecule has 1 aromatic carbocycles. The maximum absolute atomic E-state index is 12.9. The second-order valence-electron chi connectivity index (χ2n) is 6.51. The van der Waals surface area contributed by atoms with E-state index in [-0.39, 0.29) is 30.6 Å². The first-order chi connectivity index (χ1) is 12.1. The summed E-state index contributed by atoms with van der Waals surface area (Å²) in [6.07, 6.45) is 1.10. The van der Waals surface area contributed by atoms with Gasteiger partial charge >= 0.3 is 6.18 Å². The van der Waals surface area contributed by atoms with E-state index >= 15 is 0 Å². The summed E-state index contributed by atoms with van der Waals surface area (Å²) in [6, 6.07) is 4.15. The van der Waals surface area contributed by atoms with Crippen LogP contribution in [-0.2, 0) is 21.0 Å². The fourth-order valence-corrected chi connectivity index (χ4v) is 4.03. The van der Waals surface area contributed by atoms with E-state index in [1.54, 1.807) is 0 Å². The van der Waals surface area contributed by atoms with Gasteiger partial charge in [-0.25, -0.2) is 8.42 Å². The molecule has 0 aromatic heterocycles. The largest absolute Gasteiger partial charge is 0.416 e. The highest BCUT2D eigenvalue weighted by molar-refractivity contribution is 7.92. The van der Waals surface area contributed by atoms with Crippen LogP contribution in [0.15, 0.2) is 24.3 Å². The first-order valence-corrected chi connectivity index (χ1v) is 10.4. The van der Waals surface area contributed by atoms with Crippen molar-refractivity contribution >= 4 is 21.6 Å². The number of carbonyl (C=O) groups is 1. The fraction of sp³-hybridized carbons (Fsp3) is 0.588. The van der Waals surface area contributed by atoms with Crippen LogP contribution in [0.5, 0.6) is 0 Å². The molecule has 5 nitrogen and oxygen atoms in total. The molecule has 146 valence electrons. The molecule has 26 heavy (non-hydrogen) atoms. The van der Waals surface area contributed by atoms with Gasteiger partial charge in [-0.2, -0.15) is 13.2 Å². The predicted octanol–water partition coefficient (Wildman–Crippen LogP) is 3.17. The number of nitrogens with one attached hydrogen (secondary N) is 1. The summed E-state index contributed by atoms with van der Waals surface area (Å²) in [5.41, 5.74) is -0.996. The van der Waals surface area contributed by atoms with Gasteiger partial charge in [0.05, 0.1) is 24.1 Å². The minimum absolute atomic E-state index is 0.0403. The van der Waals surface area contributed by atoms with Crippen LogP contribution in [0, 0.1) is 5.92 Å². The Labute approximate surface area is 151 Å². The zero-order valence-corrected chi connectivity index (χ0v) is 15.4. The molecular weight excluding hydrogens is 369 g/mol. The number of hydrogen-bond donors (Lipinski definition) is 1. The smallest absolute Gasteiger partial charge is 0.354 e. The standard InChI is InChI=1S/C17H23F3N2O3S/c1-26(24,25)22(15-9-5-8-14(12-15)17(18,19)20)11-10-21-16(23)13-6-3-2-4-7-13/h5,8-9,12-13H,2-4,6-7,10-11H2,1H3,(H,21,23). The van der Waals surface area contributed by atoms with Gasteiger partial charge in [0.15, 0.2) is 0 Å². The molecule has 1 saturated carbocycles. The lowest BCUT2D eigenvalue weighted by molar-refractivity contribution is -0.137. The molecule has 1 fully saturated rings. The van der Waals surface area contributed by atoms with Crippen LogP contribution in [0.3, 0.4) is 0 Å². The lowest BCUT2D eigenvalue weighted by Crippen LogP contribution is -2.40. The van der Waals surface area contributed by atoms with E-state index < -0.39 is 21.8 Å². The van der Waals surface area contributed by atoms with Gasteiger partial charge in [0.1, 0.15) is 0 Å². The third-order valence-corrected chi connectivity index (χ3v) is 5.65. The molecule has 1 N–H and O–H groups in total. The van der Waals surface area contributed by atoms with Crippen LogP contribution in [0.25, 0.3) is 0 Å². The van der Waals surface area contributed by atoms with E-state index in [0.29, 0.717) is 0 Å². The van der Waals surface area contributed by atoms with Gasteiger partial charge in [0, 0.05) is 12.5 Å². The van der Waals surface area contributed by atoms with Crippen molar-refractivity contribution in [3.63, 3.8) is 0 Å². The Hall–Kier alpha value is -1.77. The lowest BCUT2D eigenvalue weighted by Gasteiger charge is -2.25. The van der Waals surface area contributed by atoms with Crippen molar-refractivity contribution in [2.24, 2.45) is 5.92 Å². The average Bonchev–Trinajstić information content (AvgIpc) is 2.57. The highest BCUT2D eigenvalue weighted by Gasteiger charge is 2.31. The molecule has 0 atom stereocenters. The Bertz CT molecular complexity index is 729. The molecule has 0 heterocycles. The number of benzene rings is 1. The third-order valence-electron chi connectivity index (χ3n) is 4.45. The number of halogens is 3. The average molecular weight is 392 g/mol. The molecule has 0 unspecified atom stereocenters. The van der Waals surface area contributed by atoms with Crippen molar-refractivity contribution in [3.05, 3.63) is 29.8 Å². The third kappa shape index (κ3) is 5.62. The van der Waals surface area contributed by atoms with Crippen molar-refractivity contribution in [1.82, 2.24) is 5.32 Å². The molecule has 1 aliphatic carbocycles. The van der Waals surface area contributed by atoms with E-state index in [0.717, 1.165) is 60.9 Å². The summed E-state index contributed by atoms with van der Waals surface area (Å²) < 4.78 is 63.5. The maximum atomic E-state index is 12.9. The predicted molar refractivity (Wildman–Crippen MR) is 93.2 cm³/mol. The summed E-state index contributed by atoms with van der Waals surface area (Å²) in [6.45, 7) is -0.0861. The van der Waals surface area contributed by atoms with Gasteiger partial charge in [0.25, 0.3) is 0 Å². The zero-order valence-electron chi connectivity index (χ0n) is 14.6. The van der Waals surface area contributed by atoms with E-state index in [1.807, 2.05) is 0 Å². The second kappa shape index (κ2) is 8.28. The van der Waals surface area contributed by atoms with Gasteiger partial charge in [-0.05, 0) is 31.0 Å². The summed E-state index contributed by atoms with van der Waals surface area (Å²) in [4.78, 5) is 12.1. The number of hydrogen-bond acceptors (Lipinski definition) is 3. The Morgan fingerprint density at radius 2 is 1.88 bits per heavy atom. The van der Waals surface area contributed by atoms with E-state index in [9.17, 15) is 26.4 Å². The molecule has 0 aliphatic heterocycles. The molecule has 1 aliphatic rings. The number of carbonyl (C=O) groups excluding carboxylic acids is 1. The minimum Gasteiger partial charge on any atom is -0.354 e.